The molecule has 0 aliphatic heterocycles. The molecular formula is C18H25N. The molecule has 0 unspecified atom stereocenters. The molecule has 0 spiro atoms. The molecule has 0 atom stereocenters. The third kappa shape index (κ3) is 2.12. The Morgan fingerprint density at radius 3 is 2.21 bits per heavy atom. The summed E-state index contributed by atoms with van der Waals surface area (Å²) in [5.74, 6) is 4.14. The van der Waals surface area contributed by atoms with Gasteiger partial charge in [-0.3, -0.25) is 0 Å². The summed E-state index contributed by atoms with van der Waals surface area (Å²) >= 11 is 0. The molecule has 5 rings (SSSR count). The van der Waals surface area contributed by atoms with Crippen molar-refractivity contribution in [2.75, 3.05) is 0 Å². The van der Waals surface area contributed by atoms with E-state index in [0.717, 1.165) is 36.3 Å². The lowest BCUT2D eigenvalue weighted by Gasteiger charge is -2.54. The van der Waals surface area contributed by atoms with Gasteiger partial charge in [0.2, 0.25) is 0 Å². The fourth-order valence-corrected chi connectivity index (χ4v) is 5.29. The lowest BCUT2D eigenvalue weighted by atomic mass is 9.54. The zero-order chi connectivity index (χ0) is 12.8. The average molecular weight is 255 g/mol. The van der Waals surface area contributed by atoms with Crippen molar-refractivity contribution in [3.8, 4) is 0 Å². The summed E-state index contributed by atoms with van der Waals surface area (Å²) in [4.78, 5) is 0. The van der Waals surface area contributed by atoms with Gasteiger partial charge in [-0.25, -0.2) is 0 Å². The first kappa shape index (κ1) is 12.0. The molecule has 1 nitrogen and oxygen atoms in total. The topological polar surface area (TPSA) is 12.0 Å². The van der Waals surface area contributed by atoms with Gasteiger partial charge in [0.25, 0.3) is 0 Å². The summed E-state index contributed by atoms with van der Waals surface area (Å²) in [5.41, 5.74) is 2.91. The smallest absolute Gasteiger partial charge is 0.0210 e. The minimum Gasteiger partial charge on any atom is -0.309 e. The minimum atomic E-state index is 0.812. The van der Waals surface area contributed by atoms with E-state index in [1.165, 1.54) is 36.8 Å². The van der Waals surface area contributed by atoms with Crippen LogP contribution < -0.4 is 5.32 Å². The average Bonchev–Trinajstić information content (AvgIpc) is 2.39. The summed E-state index contributed by atoms with van der Waals surface area (Å²) in [6, 6.07) is 9.63. The van der Waals surface area contributed by atoms with Gasteiger partial charge in [-0.15, -0.1) is 0 Å². The maximum absolute atomic E-state index is 3.92. The second-order valence-corrected chi connectivity index (χ2v) is 7.26. The molecule has 4 aliphatic carbocycles. The van der Waals surface area contributed by atoms with Gasteiger partial charge in [-0.1, -0.05) is 24.3 Å². The molecule has 1 N–H and O–H groups in total. The van der Waals surface area contributed by atoms with E-state index in [9.17, 15) is 0 Å². The summed E-state index contributed by atoms with van der Waals surface area (Å²) in [6.07, 6.45) is 7.60. The quantitative estimate of drug-likeness (QED) is 0.863. The summed E-state index contributed by atoms with van der Waals surface area (Å²) in [7, 11) is 0. The third-order valence-electron chi connectivity index (χ3n) is 6.02. The molecule has 0 heterocycles. The standard InChI is InChI=1S/C18H25N/c1-12-4-2-3-5-15(12)11-19-18-16-7-13-6-14(9-16)10-17(18)8-13/h2-5,13-14,16-19H,6-11H2,1H3. The predicted octanol–water partition coefficient (Wildman–Crippen LogP) is 3.91. The molecular weight excluding hydrogens is 230 g/mol. The van der Waals surface area contributed by atoms with Crippen molar-refractivity contribution < 1.29 is 0 Å². The zero-order valence-corrected chi connectivity index (χ0v) is 11.9. The predicted molar refractivity (Wildman–Crippen MR) is 78.9 cm³/mol. The second-order valence-electron chi connectivity index (χ2n) is 7.26. The SMILES string of the molecule is Cc1ccccc1CNC1C2CC3CC(C2)CC1C3. The molecule has 0 aromatic heterocycles. The molecule has 0 radical (unpaired) electrons. The highest BCUT2D eigenvalue weighted by Gasteiger charge is 2.47. The van der Waals surface area contributed by atoms with E-state index in [1.807, 2.05) is 0 Å². The summed E-state index contributed by atoms with van der Waals surface area (Å²) in [6.45, 7) is 3.30. The Hall–Kier alpha value is -0.820. The first-order valence-corrected chi connectivity index (χ1v) is 8.07. The van der Waals surface area contributed by atoms with Crippen molar-refractivity contribution in [1.82, 2.24) is 5.32 Å². The molecule has 102 valence electrons. The minimum absolute atomic E-state index is 0.812. The highest BCUT2D eigenvalue weighted by molar-refractivity contribution is 5.25. The number of nitrogens with one attached hydrogen (secondary N) is 1. The number of hydrogen-bond acceptors (Lipinski definition) is 1. The van der Waals surface area contributed by atoms with Crippen LogP contribution in [0.2, 0.25) is 0 Å². The third-order valence-corrected chi connectivity index (χ3v) is 6.02. The molecule has 0 saturated heterocycles. The Morgan fingerprint density at radius 1 is 0.947 bits per heavy atom. The van der Waals surface area contributed by atoms with E-state index in [1.54, 1.807) is 6.42 Å². The van der Waals surface area contributed by atoms with Gasteiger partial charge in [0, 0.05) is 12.6 Å². The van der Waals surface area contributed by atoms with Gasteiger partial charge in [0.05, 0.1) is 0 Å². The summed E-state index contributed by atoms with van der Waals surface area (Å²) < 4.78 is 0. The van der Waals surface area contributed by atoms with E-state index in [4.69, 9.17) is 0 Å². The van der Waals surface area contributed by atoms with Crippen LogP contribution in [0.4, 0.5) is 0 Å². The zero-order valence-electron chi connectivity index (χ0n) is 11.9. The number of rotatable bonds is 3. The van der Waals surface area contributed by atoms with E-state index < -0.39 is 0 Å². The van der Waals surface area contributed by atoms with E-state index in [0.29, 0.717) is 0 Å². The van der Waals surface area contributed by atoms with Crippen LogP contribution in [0.25, 0.3) is 0 Å². The Labute approximate surface area is 116 Å². The fourth-order valence-electron chi connectivity index (χ4n) is 5.29. The van der Waals surface area contributed by atoms with Gasteiger partial charge >= 0.3 is 0 Å². The lowest BCUT2D eigenvalue weighted by molar-refractivity contribution is -0.0142. The number of hydrogen-bond donors (Lipinski definition) is 1. The van der Waals surface area contributed by atoms with E-state index >= 15 is 0 Å². The molecule has 4 aliphatic rings. The molecule has 4 fully saturated rings. The molecule has 1 aromatic rings. The Kier molecular flexibility index (Phi) is 2.91. The molecule has 4 saturated carbocycles. The van der Waals surface area contributed by atoms with Crippen molar-refractivity contribution in [3.05, 3.63) is 35.4 Å². The summed E-state index contributed by atoms with van der Waals surface area (Å²) in [5, 5.41) is 3.92. The van der Waals surface area contributed by atoms with Gasteiger partial charge in [-0.2, -0.15) is 0 Å². The van der Waals surface area contributed by atoms with Crippen molar-refractivity contribution in [2.24, 2.45) is 23.7 Å². The van der Waals surface area contributed by atoms with Crippen LogP contribution in [-0.2, 0) is 6.54 Å². The van der Waals surface area contributed by atoms with Crippen LogP contribution in [0, 0.1) is 30.6 Å². The Balaban J connectivity index is 1.45. The normalized spacial score (nSPS) is 39.7. The van der Waals surface area contributed by atoms with Gasteiger partial charge in [0.1, 0.15) is 0 Å². The highest BCUT2D eigenvalue weighted by Crippen LogP contribution is 2.53. The first-order chi connectivity index (χ1) is 9.29. The maximum atomic E-state index is 3.92. The Morgan fingerprint density at radius 2 is 1.58 bits per heavy atom. The van der Waals surface area contributed by atoms with Crippen LogP contribution in [0.15, 0.2) is 24.3 Å². The van der Waals surface area contributed by atoms with E-state index in [2.05, 4.69) is 36.5 Å². The van der Waals surface area contributed by atoms with Gasteiger partial charge in [0.15, 0.2) is 0 Å². The van der Waals surface area contributed by atoms with Crippen LogP contribution in [0.5, 0.6) is 0 Å². The molecule has 19 heavy (non-hydrogen) atoms. The van der Waals surface area contributed by atoms with E-state index in [-0.39, 0.29) is 0 Å². The van der Waals surface area contributed by atoms with Crippen molar-refractivity contribution in [3.63, 3.8) is 0 Å². The highest BCUT2D eigenvalue weighted by atomic mass is 14.9. The molecule has 4 bridgehead atoms. The Bertz CT molecular complexity index is 437. The monoisotopic (exact) mass is 255 g/mol. The maximum Gasteiger partial charge on any atom is 0.0210 e. The van der Waals surface area contributed by atoms with Crippen molar-refractivity contribution in [2.45, 2.75) is 51.6 Å². The van der Waals surface area contributed by atoms with Crippen LogP contribution in [-0.4, -0.2) is 6.04 Å². The number of aryl methyl sites for hydroxylation is 1. The van der Waals surface area contributed by atoms with Crippen molar-refractivity contribution in [1.29, 1.82) is 0 Å². The second kappa shape index (κ2) is 4.63. The largest absolute Gasteiger partial charge is 0.309 e. The lowest BCUT2D eigenvalue weighted by Crippen LogP contribution is -2.54. The molecule has 1 aromatic carbocycles. The van der Waals surface area contributed by atoms with Gasteiger partial charge < -0.3 is 5.32 Å². The number of benzene rings is 1. The van der Waals surface area contributed by atoms with Crippen LogP contribution >= 0.6 is 0 Å². The fraction of sp³-hybridized carbons (Fsp3) is 0.667. The van der Waals surface area contributed by atoms with Crippen molar-refractivity contribution >= 4 is 0 Å². The first-order valence-electron chi connectivity index (χ1n) is 8.07. The molecule has 1 heteroatoms. The molecule has 0 amide bonds. The van der Waals surface area contributed by atoms with Crippen LogP contribution in [0.3, 0.4) is 0 Å². The van der Waals surface area contributed by atoms with Gasteiger partial charge in [-0.05, 0) is 73.8 Å². The van der Waals surface area contributed by atoms with Crippen LogP contribution in [0.1, 0.15) is 43.2 Å².